The van der Waals surface area contributed by atoms with Crippen molar-refractivity contribution in [1.29, 1.82) is 0 Å². The normalized spacial score (nSPS) is 26.7. The second kappa shape index (κ2) is 6.83. The van der Waals surface area contributed by atoms with Crippen LogP contribution in [0.25, 0.3) is 0 Å². The zero-order valence-corrected chi connectivity index (χ0v) is 12.9. The van der Waals surface area contributed by atoms with Crippen LogP contribution >= 0.6 is 24.0 Å². The Hall–Kier alpha value is -1.01. The van der Waals surface area contributed by atoms with Crippen molar-refractivity contribution in [3.63, 3.8) is 0 Å². The maximum atomic E-state index is 12.1. The smallest absolute Gasteiger partial charge is 0.261 e. The number of halogens is 2. The summed E-state index contributed by atoms with van der Waals surface area (Å²) in [7, 11) is 0. The van der Waals surface area contributed by atoms with Gasteiger partial charge in [0.15, 0.2) is 6.10 Å². The fourth-order valence-electron chi connectivity index (χ4n) is 2.64. The lowest BCUT2D eigenvalue weighted by Gasteiger charge is -2.16. The molecular weight excluding hydrogens is 315 g/mol. The Labute approximate surface area is 134 Å². The summed E-state index contributed by atoms with van der Waals surface area (Å²) >= 11 is 5.92. The SMILES string of the molecule is Cl.O=C(NCC1CNCC1O)C1Cc2cc(Cl)ccc2O1. The van der Waals surface area contributed by atoms with E-state index in [-0.39, 0.29) is 24.2 Å². The average molecular weight is 333 g/mol. The molecule has 116 valence electrons. The molecule has 7 heteroatoms. The minimum absolute atomic E-state index is 0. The number of β-amino-alcohol motifs (C(OH)–C–C–N with tert-alkyl or cyclic N) is 1. The van der Waals surface area contributed by atoms with Gasteiger partial charge in [0.2, 0.25) is 0 Å². The molecule has 1 amide bonds. The van der Waals surface area contributed by atoms with E-state index >= 15 is 0 Å². The van der Waals surface area contributed by atoms with Crippen molar-refractivity contribution in [2.45, 2.75) is 18.6 Å². The largest absolute Gasteiger partial charge is 0.480 e. The van der Waals surface area contributed by atoms with Gasteiger partial charge in [-0.3, -0.25) is 4.79 Å². The summed E-state index contributed by atoms with van der Waals surface area (Å²) in [6, 6.07) is 5.37. The number of ether oxygens (including phenoxy) is 1. The number of carbonyl (C=O) groups is 1. The molecular formula is C14H18Cl2N2O3. The average Bonchev–Trinajstić information content (AvgIpc) is 3.01. The number of benzene rings is 1. The third kappa shape index (κ3) is 3.61. The van der Waals surface area contributed by atoms with Gasteiger partial charge in [-0.2, -0.15) is 0 Å². The van der Waals surface area contributed by atoms with Gasteiger partial charge in [-0.15, -0.1) is 12.4 Å². The Morgan fingerprint density at radius 3 is 3.00 bits per heavy atom. The Kier molecular flexibility index (Phi) is 5.32. The van der Waals surface area contributed by atoms with Crippen molar-refractivity contribution in [2.24, 2.45) is 5.92 Å². The van der Waals surface area contributed by atoms with Crippen LogP contribution in [-0.2, 0) is 11.2 Å². The Balaban J connectivity index is 0.00000161. The predicted molar refractivity (Wildman–Crippen MR) is 82.2 cm³/mol. The molecule has 2 aliphatic heterocycles. The summed E-state index contributed by atoms with van der Waals surface area (Å²) in [5.41, 5.74) is 0.959. The van der Waals surface area contributed by atoms with Crippen molar-refractivity contribution in [3.8, 4) is 5.75 Å². The monoisotopic (exact) mass is 332 g/mol. The Morgan fingerprint density at radius 1 is 1.48 bits per heavy atom. The minimum Gasteiger partial charge on any atom is -0.480 e. The van der Waals surface area contributed by atoms with Crippen LogP contribution in [0.1, 0.15) is 5.56 Å². The molecule has 2 heterocycles. The molecule has 1 fully saturated rings. The maximum Gasteiger partial charge on any atom is 0.261 e. The number of nitrogens with one attached hydrogen (secondary N) is 2. The Morgan fingerprint density at radius 2 is 2.29 bits per heavy atom. The summed E-state index contributed by atoms with van der Waals surface area (Å²) < 4.78 is 5.62. The van der Waals surface area contributed by atoms with Crippen molar-refractivity contribution in [1.82, 2.24) is 10.6 Å². The molecule has 3 unspecified atom stereocenters. The van der Waals surface area contributed by atoms with Crippen LogP contribution < -0.4 is 15.4 Å². The maximum absolute atomic E-state index is 12.1. The molecule has 0 radical (unpaired) electrons. The molecule has 5 nitrogen and oxygen atoms in total. The van der Waals surface area contributed by atoms with E-state index in [1.54, 1.807) is 12.1 Å². The van der Waals surface area contributed by atoms with Crippen LogP contribution in [0.4, 0.5) is 0 Å². The second-order valence-electron chi connectivity index (χ2n) is 5.29. The van der Waals surface area contributed by atoms with Gasteiger partial charge in [-0.25, -0.2) is 0 Å². The lowest BCUT2D eigenvalue weighted by atomic mass is 10.1. The van der Waals surface area contributed by atoms with E-state index in [2.05, 4.69) is 10.6 Å². The molecule has 3 N–H and O–H groups in total. The second-order valence-corrected chi connectivity index (χ2v) is 5.73. The van der Waals surface area contributed by atoms with Gasteiger partial charge in [0.25, 0.3) is 5.91 Å². The predicted octanol–water partition coefficient (Wildman–Crippen LogP) is 0.762. The van der Waals surface area contributed by atoms with Crippen LogP contribution in [0.15, 0.2) is 18.2 Å². The number of amides is 1. The number of hydrogen-bond acceptors (Lipinski definition) is 4. The van der Waals surface area contributed by atoms with Gasteiger partial charge in [0.05, 0.1) is 6.10 Å². The molecule has 0 saturated carbocycles. The fourth-order valence-corrected chi connectivity index (χ4v) is 2.83. The number of rotatable bonds is 3. The fraction of sp³-hybridized carbons (Fsp3) is 0.500. The minimum atomic E-state index is -0.505. The molecule has 0 aliphatic carbocycles. The molecule has 1 aromatic rings. The molecule has 2 aliphatic rings. The molecule has 3 rings (SSSR count). The number of hydrogen-bond donors (Lipinski definition) is 3. The summed E-state index contributed by atoms with van der Waals surface area (Å²) in [5.74, 6) is 0.644. The summed E-state index contributed by atoms with van der Waals surface area (Å²) in [6.45, 7) is 1.77. The van der Waals surface area contributed by atoms with Crippen molar-refractivity contribution < 1.29 is 14.6 Å². The van der Waals surface area contributed by atoms with E-state index in [9.17, 15) is 9.90 Å². The van der Waals surface area contributed by atoms with Gasteiger partial charge in [0, 0.05) is 37.0 Å². The molecule has 0 bridgehead atoms. The highest BCUT2D eigenvalue weighted by atomic mass is 35.5. The molecule has 0 aromatic heterocycles. The van der Waals surface area contributed by atoms with E-state index in [1.165, 1.54) is 0 Å². The molecule has 0 spiro atoms. The molecule has 1 aromatic carbocycles. The van der Waals surface area contributed by atoms with Crippen molar-refractivity contribution in [2.75, 3.05) is 19.6 Å². The third-order valence-corrected chi connectivity index (χ3v) is 4.07. The van der Waals surface area contributed by atoms with E-state index in [4.69, 9.17) is 16.3 Å². The third-order valence-electron chi connectivity index (χ3n) is 3.83. The Bertz CT molecular complexity index is 527. The first-order valence-corrected chi connectivity index (χ1v) is 7.13. The van der Waals surface area contributed by atoms with Crippen LogP contribution in [0, 0.1) is 5.92 Å². The summed E-state index contributed by atoms with van der Waals surface area (Å²) in [4.78, 5) is 12.1. The first-order valence-electron chi connectivity index (χ1n) is 6.75. The quantitative estimate of drug-likeness (QED) is 0.764. The topological polar surface area (TPSA) is 70.6 Å². The summed E-state index contributed by atoms with van der Waals surface area (Å²) in [5, 5.41) is 16.3. The van der Waals surface area contributed by atoms with Crippen LogP contribution in [-0.4, -0.2) is 42.9 Å². The number of aliphatic hydroxyl groups excluding tert-OH is 1. The lowest BCUT2D eigenvalue weighted by molar-refractivity contribution is -0.127. The van der Waals surface area contributed by atoms with Crippen LogP contribution in [0.5, 0.6) is 5.75 Å². The highest BCUT2D eigenvalue weighted by Crippen LogP contribution is 2.31. The first-order chi connectivity index (χ1) is 9.63. The van der Waals surface area contributed by atoms with Crippen molar-refractivity contribution in [3.05, 3.63) is 28.8 Å². The number of aliphatic hydroxyl groups is 1. The molecule has 1 saturated heterocycles. The molecule has 3 atom stereocenters. The van der Waals surface area contributed by atoms with Crippen LogP contribution in [0.2, 0.25) is 5.02 Å². The number of carbonyl (C=O) groups excluding carboxylic acids is 1. The van der Waals surface area contributed by atoms with E-state index < -0.39 is 12.2 Å². The van der Waals surface area contributed by atoms with E-state index in [0.29, 0.717) is 24.5 Å². The highest BCUT2D eigenvalue weighted by Gasteiger charge is 2.31. The van der Waals surface area contributed by atoms with Gasteiger partial charge in [-0.05, 0) is 23.8 Å². The van der Waals surface area contributed by atoms with E-state index in [0.717, 1.165) is 17.9 Å². The lowest BCUT2D eigenvalue weighted by Crippen LogP contribution is -2.41. The van der Waals surface area contributed by atoms with Crippen LogP contribution in [0.3, 0.4) is 0 Å². The molecule has 21 heavy (non-hydrogen) atoms. The first kappa shape index (κ1) is 16.4. The summed E-state index contributed by atoms with van der Waals surface area (Å²) in [6.07, 6.45) is -0.363. The van der Waals surface area contributed by atoms with E-state index in [1.807, 2.05) is 6.07 Å². The number of fused-ring (bicyclic) bond motifs is 1. The van der Waals surface area contributed by atoms with Gasteiger partial charge >= 0.3 is 0 Å². The standard InChI is InChI=1S/C14H17ClN2O3.ClH/c15-10-1-2-12-8(3-10)4-13(20-12)14(19)17-6-9-5-16-7-11(9)18;/h1-3,9,11,13,16,18H,4-7H2,(H,17,19);1H. The van der Waals surface area contributed by atoms with Gasteiger partial charge in [0.1, 0.15) is 5.75 Å². The zero-order valence-electron chi connectivity index (χ0n) is 11.3. The highest BCUT2D eigenvalue weighted by molar-refractivity contribution is 6.30. The zero-order chi connectivity index (χ0) is 14.1. The van der Waals surface area contributed by atoms with Gasteiger partial charge < -0.3 is 20.5 Å². The van der Waals surface area contributed by atoms with Crippen molar-refractivity contribution >= 4 is 29.9 Å². The van der Waals surface area contributed by atoms with Gasteiger partial charge in [-0.1, -0.05) is 11.6 Å².